The number of hydrogen-bond acceptors (Lipinski definition) is 5. The summed E-state index contributed by atoms with van der Waals surface area (Å²) >= 11 is 0. The van der Waals surface area contributed by atoms with E-state index in [0.29, 0.717) is 13.0 Å². The van der Waals surface area contributed by atoms with Crippen molar-refractivity contribution in [3.63, 3.8) is 0 Å². The zero-order valence-electron chi connectivity index (χ0n) is 16.5. The monoisotopic (exact) mass is 396 g/mol. The van der Waals surface area contributed by atoms with Gasteiger partial charge in [0.05, 0.1) is 10.9 Å². The Morgan fingerprint density at radius 1 is 1.22 bits per heavy atom. The fourth-order valence-corrected chi connectivity index (χ4v) is 3.61. The zero-order chi connectivity index (χ0) is 20.4. The lowest BCUT2D eigenvalue weighted by molar-refractivity contribution is -0.126. The minimum Gasteiger partial charge on any atom is -0.444 e. The fraction of sp³-hybridized carbons (Fsp3) is 0.579. The van der Waals surface area contributed by atoms with Crippen LogP contribution in [0.4, 0.5) is 4.79 Å². The van der Waals surface area contributed by atoms with E-state index >= 15 is 0 Å². The third kappa shape index (κ3) is 5.69. The highest BCUT2D eigenvalue weighted by atomic mass is 32.2. The summed E-state index contributed by atoms with van der Waals surface area (Å²) in [5.74, 6) is -0.238. The van der Waals surface area contributed by atoms with Crippen molar-refractivity contribution in [3.05, 3.63) is 29.8 Å². The van der Waals surface area contributed by atoms with E-state index in [0.717, 1.165) is 18.2 Å². The van der Waals surface area contributed by atoms with Gasteiger partial charge in [-0.2, -0.15) is 0 Å². The van der Waals surface area contributed by atoms with Crippen LogP contribution in [0, 0.1) is 0 Å². The van der Waals surface area contributed by atoms with Crippen LogP contribution in [0.3, 0.4) is 0 Å². The van der Waals surface area contributed by atoms with Gasteiger partial charge in [-0.05, 0) is 58.2 Å². The molecule has 2 amide bonds. The second kappa shape index (κ2) is 7.88. The summed E-state index contributed by atoms with van der Waals surface area (Å²) in [7, 11) is -3.26. The molecule has 0 aromatic heterocycles. The topological polar surface area (TPSA) is 92.8 Å². The Labute approximate surface area is 161 Å². The molecule has 0 spiro atoms. The van der Waals surface area contributed by atoms with E-state index in [4.69, 9.17) is 4.74 Å². The Hall–Kier alpha value is -2.09. The van der Waals surface area contributed by atoms with Gasteiger partial charge in [-0.3, -0.25) is 9.69 Å². The SMILES string of the molecule is CC(NC(=O)[C@@H]1CCCN1C(=O)OC(C)(C)C)c1ccc(S(C)(=O)=O)cc1. The lowest BCUT2D eigenvalue weighted by Gasteiger charge is -2.28. The molecule has 0 bridgehead atoms. The highest BCUT2D eigenvalue weighted by Gasteiger charge is 2.37. The largest absolute Gasteiger partial charge is 0.444 e. The Kier molecular flexibility index (Phi) is 6.19. The Morgan fingerprint density at radius 2 is 1.81 bits per heavy atom. The molecule has 0 aliphatic carbocycles. The van der Waals surface area contributed by atoms with Gasteiger partial charge in [0.1, 0.15) is 11.6 Å². The van der Waals surface area contributed by atoms with Crippen molar-refractivity contribution in [1.29, 1.82) is 0 Å². The molecule has 2 rings (SSSR count). The van der Waals surface area contributed by atoms with Crippen LogP contribution >= 0.6 is 0 Å². The number of sulfone groups is 1. The summed E-state index contributed by atoms with van der Waals surface area (Å²) in [5, 5.41) is 2.91. The van der Waals surface area contributed by atoms with E-state index in [2.05, 4.69) is 5.32 Å². The maximum atomic E-state index is 12.7. The Bertz CT molecular complexity index is 796. The van der Waals surface area contributed by atoms with Gasteiger partial charge >= 0.3 is 6.09 Å². The lowest BCUT2D eigenvalue weighted by Crippen LogP contribution is -2.48. The third-order valence-electron chi connectivity index (χ3n) is 4.35. The molecular formula is C19H28N2O5S. The number of ether oxygens (including phenoxy) is 1. The second-order valence-electron chi connectivity index (χ2n) is 7.90. The number of nitrogens with one attached hydrogen (secondary N) is 1. The normalized spacial score (nSPS) is 18.9. The van der Waals surface area contributed by atoms with Crippen molar-refractivity contribution in [2.45, 2.75) is 63.1 Å². The van der Waals surface area contributed by atoms with Crippen LogP contribution in [0.1, 0.15) is 52.1 Å². The number of hydrogen-bond donors (Lipinski definition) is 1. The molecule has 1 heterocycles. The van der Waals surface area contributed by atoms with E-state index in [1.807, 2.05) is 6.92 Å². The van der Waals surface area contributed by atoms with Crippen LogP contribution in [-0.2, 0) is 19.4 Å². The average Bonchev–Trinajstić information content (AvgIpc) is 3.02. The van der Waals surface area contributed by atoms with Crippen LogP contribution in [-0.4, -0.2) is 49.8 Å². The molecule has 1 aliphatic rings. The fourth-order valence-electron chi connectivity index (χ4n) is 2.97. The first kappa shape index (κ1) is 21.2. The van der Waals surface area contributed by atoms with Crippen molar-refractivity contribution in [3.8, 4) is 0 Å². The second-order valence-corrected chi connectivity index (χ2v) is 9.92. The van der Waals surface area contributed by atoms with Crippen molar-refractivity contribution in [2.75, 3.05) is 12.8 Å². The molecular weight excluding hydrogens is 368 g/mol. The number of carbonyl (C=O) groups is 2. The van der Waals surface area contributed by atoms with E-state index in [1.54, 1.807) is 32.9 Å². The summed E-state index contributed by atoms with van der Waals surface area (Å²) in [4.78, 5) is 26.7. The van der Waals surface area contributed by atoms with Crippen LogP contribution in [0.15, 0.2) is 29.2 Å². The van der Waals surface area contributed by atoms with Crippen LogP contribution in [0.5, 0.6) is 0 Å². The van der Waals surface area contributed by atoms with Gasteiger partial charge in [-0.15, -0.1) is 0 Å². The maximum absolute atomic E-state index is 12.7. The molecule has 1 saturated heterocycles. The van der Waals surface area contributed by atoms with E-state index in [9.17, 15) is 18.0 Å². The minimum absolute atomic E-state index is 0.233. The van der Waals surface area contributed by atoms with Gasteiger partial charge in [0, 0.05) is 12.8 Å². The number of carbonyl (C=O) groups excluding carboxylic acids is 2. The van der Waals surface area contributed by atoms with Crippen molar-refractivity contribution in [1.82, 2.24) is 10.2 Å². The standard InChI is InChI=1S/C19H28N2O5S/c1-13(14-8-10-15(11-9-14)27(5,24)25)20-17(22)16-7-6-12-21(16)18(23)26-19(2,3)4/h8-11,13,16H,6-7,12H2,1-5H3,(H,20,22)/t13?,16-/m0/s1. The molecule has 0 saturated carbocycles. The van der Waals surface area contributed by atoms with Gasteiger partial charge in [0.15, 0.2) is 9.84 Å². The molecule has 1 aromatic carbocycles. The molecule has 8 heteroatoms. The molecule has 150 valence electrons. The summed E-state index contributed by atoms with van der Waals surface area (Å²) < 4.78 is 28.5. The first-order valence-electron chi connectivity index (χ1n) is 8.98. The van der Waals surface area contributed by atoms with Crippen LogP contribution in [0.2, 0.25) is 0 Å². The number of likely N-dealkylation sites (tertiary alicyclic amines) is 1. The Balaban J connectivity index is 2.03. The maximum Gasteiger partial charge on any atom is 0.410 e. The number of benzene rings is 1. The number of amides is 2. The quantitative estimate of drug-likeness (QED) is 0.845. The smallest absolute Gasteiger partial charge is 0.410 e. The molecule has 1 fully saturated rings. The molecule has 2 atom stereocenters. The Morgan fingerprint density at radius 3 is 2.33 bits per heavy atom. The average molecular weight is 397 g/mol. The highest BCUT2D eigenvalue weighted by Crippen LogP contribution is 2.22. The predicted molar refractivity (Wildman–Crippen MR) is 102 cm³/mol. The minimum atomic E-state index is -3.26. The van der Waals surface area contributed by atoms with Crippen molar-refractivity contribution in [2.24, 2.45) is 0 Å². The highest BCUT2D eigenvalue weighted by molar-refractivity contribution is 7.90. The summed E-state index contributed by atoms with van der Waals surface area (Å²) in [6.45, 7) is 7.68. The van der Waals surface area contributed by atoms with E-state index in [-0.39, 0.29) is 16.8 Å². The van der Waals surface area contributed by atoms with Crippen molar-refractivity contribution >= 4 is 21.8 Å². The van der Waals surface area contributed by atoms with Gasteiger partial charge in [-0.1, -0.05) is 12.1 Å². The molecule has 7 nitrogen and oxygen atoms in total. The summed E-state index contributed by atoms with van der Waals surface area (Å²) in [5.41, 5.74) is 0.174. The molecule has 1 aromatic rings. The molecule has 27 heavy (non-hydrogen) atoms. The van der Waals surface area contributed by atoms with Gasteiger partial charge < -0.3 is 10.1 Å². The van der Waals surface area contributed by atoms with Crippen molar-refractivity contribution < 1.29 is 22.7 Å². The third-order valence-corrected chi connectivity index (χ3v) is 5.48. The molecule has 1 aliphatic heterocycles. The number of rotatable bonds is 4. The summed E-state index contributed by atoms with van der Waals surface area (Å²) in [6.07, 6.45) is 2.00. The van der Waals surface area contributed by atoms with Crippen LogP contribution in [0.25, 0.3) is 0 Å². The first-order valence-corrected chi connectivity index (χ1v) is 10.9. The lowest BCUT2D eigenvalue weighted by atomic mass is 10.1. The van der Waals surface area contributed by atoms with E-state index in [1.165, 1.54) is 17.0 Å². The molecule has 1 N–H and O–H groups in total. The van der Waals surface area contributed by atoms with Gasteiger partial charge in [-0.25, -0.2) is 13.2 Å². The predicted octanol–water partition coefficient (Wildman–Crippen LogP) is 2.67. The summed E-state index contributed by atoms with van der Waals surface area (Å²) in [6, 6.07) is 5.54. The molecule has 0 radical (unpaired) electrons. The number of nitrogens with zero attached hydrogens (tertiary/aromatic N) is 1. The van der Waals surface area contributed by atoms with Crippen LogP contribution < -0.4 is 5.32 Å². The zero-order valence-corrected chi connectivity index (χ0v) is 17.3. The van der Waals surface area contributed by atoms with Gasteiger partial charge in [0.25, 0.3) is 0 Å². The first-order chi connectivity index (χ1) is 12.4. The van der Waals surface area contributed by atoms with Gasteiger partial charge in [0.2, 0.25) is 5.91 Å². The molecule has 1 unspecified atom stereocenters. The van der Waals surface area contributed by atoms with E-state index < -0.39 is 27.6 Å².